The van der Waals surface area contributed by atoms with Crippen LogP contribution < -0.4 is 0 Å². The Morgan fingerprint density at radius 2 is 2.11 bits per heavy atom. The molecule has 1 aliphatic heterocycles. The van der Waals surface area contributed by atoms with Crippen molar-refractivity contribution < 1.29 is 9.84 Å². The number of hydrogen-bond acceptors (Lipinski definition) is 5. The van der Waals surface area contributed by atoms with E-state index < -0.39 is 0 Å². The Labute approximate surface area is 116 Å². The third-order valence-corrected chi connectivity index (χ3v) is 4.59. The number of phenols is 1. The second-order valence-corrected chi connectivity index (χ2v) is 6.28. The van der Waals surface area contributed by atoms with E-state index in [1.165, 1.54) is 0 Å². The molecule has 1 N–H and O–H groups in total. The van der Waals surface area contributed by atoms with Crippen molar-refractivity contribution in [3.8, 4) is 5.75 Å². The van der Waals surface area contributed by atoms with Crippen LogP contribution in [-0.4, -0.2) is 40.3 Å². The molecule has 1 aromatic heterocycles. The molecule has 1 aliphatic rings. The molecule has 5 heteroatoms. The number of thiazole rings is 1. The molecule has 4 nitrogen and oxygen atoms in total. The quantitative estimate of drug-likeness (QED) is 0.917. The van der Waals surface area contributed by atoms with Crippen molar-refractivity contribution in [3.63, 3.8) is 0 Å². The summed E-state index contributed by atoms with van der Waals surface area (Å²) in [5.74, 6) is 0.302. The lowest BCUT2D eigenvalue weighted by atomic mass is 10.2. The maximum absolute atomic E-state index is 9.50. The van der Waals surface area contributed by atoms with Crippen LogP contribution in [0.4, 0.5) is 0 Å². The van der Waals surface area contributed by atoms with Gasteiger partial charge in [-0.25, -0.2) is 4.98 Å². The van der Waals surface area contributed by atoms with Crippen molar-refractivity contribution >= 4 is 21.6 Å². The van der Waals surface area contributed by atoms with Gasteiger partial charge in [0.25, 0.3) is 0 Å². The summed E-state index contributed by atoms with van der Waals surface area (Å²) in [6.07, 6.45) is 0. The first kappa shape index (κ1) is 12.8. The fraction of sp³-hybridized carbons (Fsp3) is 0.500. The zero-order valence-corrected chi connectivity index (χ0v) is 12.0. The molecule has 3 rings (SSSR count). The minimum atomic E-state index is 0.302. The van der Waals surface area contributed by atoms with E-state index in [0.29, 0.717) is 17.8 Å². The van der Waals surface area contributed by atoms with Crippen LogP contribution in [0, 0.1) is 0 Å². The van der Waals surface area contributed by atoms with Gasteiger partial charge in [-0.15, -0.1) is 11.3 Å². The molecule has 102 valence electrons. The molecule has 2 atom stereocenters. The highest BCUT2D eigenvalue weighted by Gasteiger charge is 2.26. The zero-order chi connectivity index (χ0) is 13.4. The first-order valence-electron chi connectivity index (χ1n) is 6.55. The van der Waals surface area contributed by atoms with Crippen LogP contribution in [0.3, 0.4) is 0 Å². The zero-order valence-electron chi connectivity index (χ0n) is 11.2. The summed E-state index contributed by atoms with van der Waals surface area (Å²) in [6, 6.07) is 6.18. The topological polar surface area (TPSA) is 45.6 Å². The lowest BCUT2D eigenvalue weighted by Gasteiger charge is -2.38. The second-order valence-electron chi connectivity index (χ2n) is 5.17. The summed E-state index contributed by atoms with van der Waals surface area (Å²) >= 11 is 1.66. The van der Waals surface area contributed by atoms with Crippen molar-refractivity contribution in [2.24, 2.45) is 0 Å². The number of aromatic hydroxyl groups is 1. The van der Waals surface area contributed by atoms with Gasteiger partial charge in [0.15, 0.2) is 0 Å². The molecular weight excluding hydrogens is 260 g/mol. The number of fused-ring (bicyclic) bond motifs is 1. The maximum Gasteiger partial charge on any atom is 0.117 e. The molecule has 0 saturated carbocycles. The number of hydrogen-bond donors (Lipinski definition) is 1. The van der Waals surface area contributed by atoms with Crippen LogP contribution in [0.25, 0.3) is 10.2 Å². The van der Waals surface area contributed by atoms with Crippen LogP contribution in [0.5, 0.6) is 5.75 Å². The highest BCUT2D eigenvalue weighted by atomic mass is 32.1. The highest BCUT2D eigenvalue weighted by molar-refractivity contribution is 7.18. The molecule has 1 saturated heterocycles. The lowest BCUT2D eigenvalue weighted by molar-refractivity contribution is -0.0409. The Hall–Kier alpha value is -1.17. The fourth-order valence-electron chi connectivity index (χ4n) is 2.53. The summed E-state index contributed by atoms with van der Waals surface area (Å²) in [4.78, 5) is 7.07. The summed E-state index contributed by atoms with van der Waals surface area (Å²) in [7, 11) is 0. The van der Waals surface area contributed by atoms with Crippen LogP contribution in [0.1, 0.15) is 18.9 Å². The molecule has 2 heterocycles. The molecule has 19 heavy (non-hydrogen) atoms. The van der Waals surface area contributed by atoms with Gasteiger partial charge >= 0.3 is 0 Å². The first-order chi connectivity index (χ1) is 9.13. The Balaban J connectivity index is 1.84. The normalized spacial score (nSPS) is 24.9. The van der Waals surface area contributed by atoms with Crippen molar-refractivity contribution in [1.82, 2.24) is 9.88 Å². The van der Waals surface area contributed by atoms with Gasteiger partial charge in [-0.1, -0.05) is 0 Å². The van der Waals surface area contributed by atoms with E-state index in [0.717, 1.165) is 35.0 Å². The number of ether oxygens (including phenoxy) is 1. The van der Waals surface area contributed by atoms with Gasteiger partial charge in [0.05, 0.1) is 30.0 Å². The largest absolute Gasteiger partial charge is 0.508 e. The van der Waals surface area contributed by atoms with Gasteiger partial charge in [0, 0.05) is 12.1 Å². The molecule has 2 unspecified atom stereocenters. The molecule has 0 amide bonds. The Morgan fingerprint density at radius 1 is 1.37 bits per heavy atom. The van der Waals surface area contributed by atoms with Crippen LogP contribution in [0.15, 0.2) is 18.2 Å². The van der Waals surface area contributed by atoms with Crippen LogP contribution >= 0.6 is 11.3 Å². The van der Waals surface area contributed by atoms with Gasteiger partial charge in [-0.2, -0.15) is 0 Å². The van der Waals surface area contributed by atoms with Crippen molar-refractivity contribution in [2.45, 2.75) is 32.5 Å². The SMILES string of the molecule is CC1COCC(C)N1Cc1nc2ccc(O)cc2s1. The van der Waals surface area contributed by atoms with E-state index in [4.69, 9.17) is 4.74 Å². The summed E-state index contributed by atoms with van der Waals surface area (Å²) in [5, 5.41) is 10.6. The van der Waals surface area contributed by atoms with E-state index in [9.17, 15) is 5.11 Å². The van der Waals surface area contributed by atoms with Gasteiger partial charge in [0.1, 0.15) is 10.8 Å². The number of morpholine rings is 1. The number of nitrogens with zero attached hydrogens (tertiary/aromatic N) is 2. The lowest BCUT2D eigenvalue weighted by Crippen LogP contribution is -2.48. The van der Waals surface area contributed by atoms with E-state index in [-0.39, 0.29) is 0 Å². The van der Waals surface area contributed by atoms with Gasteiger partial charge < -0.3 is 9.84 Å². The van der Waals surface area contributed by atoms with Crippen molar-refractivity contribution in [2.75, 3.05) is 13.2 Å². The monoisotopic (exact) mass is 278 g/mol. The summed E-state index contributed by atoms with van der Waals surface area (Å²) in [6.45, 7) is 6.81. The van der Waals surface area contributed by atoms with Crippen LogP contribution in [-0.2, 0) is 11.3 Å². The third kappa shape index (κ3) is 2.59. The van der Waals surface area contributed by atoms with Gasteiger partial charge in [-0.05, 0) is 32.0 Å². The average Bonchev–Trinajstić information content (AvgIpc) is 2.75. The molecule has 0 spiro atoms. The standard InChI is InChI=1S/C14H18N2O2S/c1-9-7-18-8-10(2)16(9)6-14-15-12-4-3-11(17)5-13(12)19-14/h3-5,9-10,17H,6-8H2,1-2H3. The van der Waals surface area contributed by atoms with E-state index in [1.807, 2.05) is 6.07 Å². The summed E-state index contributed by atoms with van der Waals surface area (Å²) < 4.78 is 6.59. The Kier molecular flexibility index (Phi) is 3.43. The van der Waals surface area contributed by atoms with E-state index >= 15 is 0 Å². The highest BCUT2D eigenvalue weighted by Crippen LogP contribution is 2.27. The molecule has 0 radical (unpaired) electrons. The van der Waals surface area contributed by atoms with E-state index in [1.54, 1.807) is 23.5 Å². The van der Waals surface area contributed by atoms with Gasteiger partial charge in [-0.3, -0.25) is 4.90 Å². The fourth-order valence-corrected chi connectivity index (χ4v) is 3.54. The van der Waals surface area contributed by atoms with Crippen molar-refractivity contribution in [3.05, 3.63) is 23.2 Å². The first-order valence-corrected chi connectivity index (χ1v) is 7.37. The smallest absolute Gasteiger partial charge is 0.117 e. The third-order valence-electron chi connectivity index (χ3n) is 3.58. The van der Waals surface area contributed by atoms with Gasteiger partial charge in [0.2, 0.25) is 0 Å². The summed E-state index contributed by atoms with van der Waals surface area (Å²) in [5.41, 5.74) is 0.964. The molecule has 1 fully saturated rings. The van der Waals surface area contributed by atoms with Crippen LogP contribution in [0.2, 0.25) is 0 Å². The number of aromatic nitrogens is 1. The number of rotatable bonds is 2. The minimum Gasteiger partial charge on any atom is -0.508 e. The molecule has 0 bridgehead atoms. The molecule has 2 aromatic rings. The number of benzene rings is 1. The Morgan fingerprint density at radius 3 is 2.84 bits per heavy atom. The molecular formula is C14H18N2O2S. The maximum atomic E-state index is 9.50. The van der Waals surface area contributed by atoms with Crippen molar-refractivity contribution in [1.29, 1.82) is 0 Å². The molecule has 0 aliphatic carbocycles. The predicted octanol–water partition coefficient (Wildman–Crippen LogP) is 2.61. The minimum absolute atomic E-state index is 0.302. The molecule has 1 aromatic carbocycles. The Bertz CT molecular complexity index is 574. The van der Waals surface area contributed by atoms with E-state index in [2.05, 4.69) is 23.7 Å². The number of phenolic OH excluding ortho intramolecular Hbond substituents is 1. The predicted molar refractivity (Wildman–Crippen MR) is 76.6 cm³/mol. The average molecular weight is 278 g/mol. The second kappa shape index (κ2) is 5.07.